The van der Waals surface area contributed by atoms with E-state index in [1.807, 2.05) is 6.92 Å². The van der Waals surface area contributed by atoms with Gasteiger partial charge in [0.1, 0.15) is 0 Å². The molecule has 0 amide bonds. The van der Waals surface area contributed by atoms with Gasteiger partial charge in [0.15, 0.2) is 0 Å². The van der Waals surface area contributed by atoms with Gasteiger partial charge in [0.25, 0.3) is 0 Å². The van der Waals surface area contributed by atoms with E-state index < -0.39 is 0 Å². The maximum Gasteiger partial charge on any atom is 0.305 e. The van der Waals surface area contributed by atoms with Gasteiger partial charge >= 0.3 is 5.97 Å². The van der Waals surface area contributed by atoms with E-state index in [-0.39, 0.29) is 11.3 Å². The molecule has 0 aromatic heterocycles. The standard InChI is InChI=1S/C14H23ClO2/c1-4-17-14(16)6-5-13(15)12-8-10(2)7-11(3)9-12/h7,10,12-13H,4-6,8-9H2,1-3H3. The monoisotopic (exact) mass is 258 g/mol. The van der Waals surface area contributed by atoms with Crippen molar-refractivity contribution in [3.8, 4) is 0 Å². The zero-order chi connectivity index (χ0) is 12.8. The molecule has 0 bridgehead atoms. The smallest absolute Gasteiger partial charge is 0.305 e. The fourth-order valence-electron chi connectivity index (χ4n) is 2.60. The van der Waals surface area contributed by atoms with Gasteiger partial charge in [-0.1, -0.05) is 18.6 Å². The summed E-state index contributed by atoms with van der Waals surface area (Å²) in [5.74, 6) is 0.984. The van der Waals surface area contributed by atoms with E-state index in [4.69, 9.17) is 16.3 Å². The van der Waals surface area contributed by atoms with E-state index in [2.05, 4.69) is 19.9 Å². The molecule has 17 heavy (non-hydrogen) atoms. The minimum atomic E-state index is -0.130. The number of rotatable bonds is 5. The number of carbonyl (C=O) groups excluding carboxylic acids is 1. The van der Waals surface area contributed by atoms with Crippen LogP contribution >= 0.6 is 11.6 Å². The largest absolute Gasteiger partial charge is 0.466 e. The Morgan fingerprint density at radius 1 is 1.65 bits per heavy atom. The summed E-state index contributed by atoms with van der Waals surface area (Å²) in [6.07, 6.45) is 5.70. The van der Waals surface area contributed by atoms with Gasteiger partial charge in [-0.15, -0.1) is 11.6 Å². The van der Waals surface area contributed by atoms with Crippen molar-refractivity contribution in [2.75, 3.05) is 6.61 Å². The SMILES string of the molecule is CCOC(=O)CCC(Cl)C1CC(C)=CC(C)C1. The Hall–Kier alpha value is -0.500. The van der Waals surface area contributed by atoms with Crippen molar-refractivity contribution in [3.05, 3.63) is 11.6 Å². The summed E-state index contributed by atoms with van der Waals surface area (Å²) in [5.41, 5.74) is 1.43. The molecule has 1 rings (SSSR count). The maximum absolute atomic E-state index is 11.3. The molecule has 2 nitrogen and oxygen atoms in total. The van der Waals surface area contributed by atoms with E-state index >= 15 is 0 Å². The van der Waals surface area contributed by atoms with E-state index in [1.165, 1.54) is 5.57 Å². The highest BCUT2D eigenvalue weighted by Crippen LogP contribution is 2.34. The van der Waals surface area contributed by atoms with Gasteiger partial charge in [0, 0.05) is 11.8 Å². The lowest BCUT2D eigenvalue weighted by Gasteiger charge is -2.28. The molecule has 0 radical (unpaired) electrons. The third-order valence-electron chi connectivity index (χ3n) is 3.27. The topological polar surface area (TPSA) is 26.3 Å². The minimum absolute atomic E-state index is 0.0884. The summed E-state index contributed by atoms with van der Waals surface area (Å²) >= 11 is 6.40. The van der Waals surface area contributed by atoms with Crippen molar-refractivity contribution < 1.29 is 9.53 Å². The second-order valence-electron chi connectivity index (χ2n) is 5.05. The first-order chi connectivity index (χ1) is 8.02. The normalized spacial score (nSPS) is 26.2. The Labute approximate surface area is 109 Å². The number of hydrogen-bond donors (Lipinski definition) is 0. The molecule has 0 heterocycles. The lowest BCUT2D eigenvalue weighted by molar-refractivity contribution is -0.143. The van der Waals surface area contributed by atoms with Crippen LogP contribution in [-0.2, 0) is 9.53 Å². The van der Waals surface area contributed by atoms with E-state index in [0.29, 0.717) is 24.9 Å². The number of carbonyl (C=O) groups is 1. The molecule has 0 spiro atoms. The lowest BCUT2D eigenvalue weighted by atomic mass is 9.81. The van der Waals surface area contributed by atoms with Crippen LogP contribution in [0.5, 0.6) is 0 Å². The van der Waals surface area contributed by atoms with Crippen LogP contribution in [0.4, 0.5) is 0 Å². The molecule has 0 saturated carbocycles. The highest BCUT2D eigenvalue weighted by Gasteiger charge is 2.25. The molecule has 98 valence electrons. The van der Waals surface area contributed by atoms with E-state index in [1.54, 1.807) is 0 Å². The van der Waals surface area contributed by atoms with Crippen LogP contribution in [0.15, 0.2) is 11.6 Å². The zero-order valence-corrected chi connectivity index (χ0v) is 11.8. The molecule has 3 unspecified atom stereocenters. The van der Waals surface area contributed by atoms with Crippen LogP contribution in [0, 0.1) is 11.8 Å². The van der Waals surface area contributed by atoms with Gasteiger partial charge in [0.05, 0.1) is 6.61 Å². The van der Waals surface area contributed by atoms with Crippen LogP contribution in [0.2, 0.25) is 0 Å². The third kappa shape index (κ3) is 5.12. The Balaban J connectivity index is 2.35. The fourth-order valence-corrected chi connectivity index (χ4v) is 2.90. The highest BCUT2D eigenvalue weighted by atomic mass is 35.5. The van der Waals surface area contributed by atoms with Crippen molar-refractivity contribution in [3.63, 3.8) is 0 Å². The second-order valence-corrected chi connectivity index (χ2v) is 5.61. The van der Waals surface area contributed by atoms with Gasteiger partial charge in [0.2, 0.25) is 0 Å². The Morgan fingerprint density at radius 2 is 2.35 bits per heavy atom. The number of ether oxygens (including phenoxy) is 1. The first-order valence-electron chi connectivity index (χ1n) is 6.50. The number of allylic oxidation sites excluding steroid dienone is 2. The number of esters is 1. The summed E-state index contributed by atoms with van der Waals surface area (Å²) in [6, 6.07) is 0. The van der Waals surface area contributed by atoms with Crippen LogP contribution < -0.4 is 0 Å². The molecular formula is C14H23ClO2. The Morgan fingerprint density at radius 3 is 2.94 bits per heavy atom. The second kappa shape index (κ2) is 7.05. The Kier molecular flexibility index (Phi) is 6.04. The fraction of sp³-hybridized carbons (Fsp3) is 0.786. The third-order valence-corrected chi connectivity index (χ3v) is 3.84. The molecule has 0 aliphatic heterocycles. The van der Waals surface area contributed by atoms with Gasteiger partial charge in [-0.05, 0) is 44.9 Å². The Bertz CT molecular complexity index is 286. The number of alkyl halides is 1. The average Bonchev–Trinajstić information content (AvgIpc) is 2.25. The summed E-state index contributed by atoms with van der Waals surface area (Å²) in [4.78, 5) is 11.3. The quantitative estimate of drug-likeness (QED) is 0.424. The molecule has 0 N–H and O–H groups in total. The molecule has 0 aromatic rings. The molecule has 3 atom stereocenters. The van der Waals surface area contributed by atoms with E-state index in [9.17, 15) is 4.79 Å². The summed E-state index contributed by atoms with van der Waals surface area (Å²) < 4.78 is 4.91. The minimum Gasteiger partial charge on any atom is -0.466 e. The number of hydrogen-bond acceptors (Lipinski definition) is 2. The first kappa shape index (κ1) is 14.6. The molecule has 3 heteroatoms. The number of halogens is 1. The van der Waals surface area contributed by atoms with Crippen LogP contribution in [0.3, 0.4) is 0 Å². The molecular weight excluding hydrogens is 236 g/mol. The van der Waals surface area contributed by atoms with Gasteiger partial charge in [-0.2, -0.15) is 0 Å². The lowest BCUT2D eigenvalue weighted by Crippen LogP contribution is -2.22. The van der Waals surface area contributed by atoms with Crippen molar-refractivity contribution in [1.82, 2.24) is 0 Å². The molecule has 0 aromatic carbocycles. The predicted molar refractivity (Wildman–Crippen MR) is 71.2 cm³/mol. The highest BCUT2D eigenvalue weighted by molar-refractivity contribution is 6.20. The molecule has 0 saturated heterocycles. The van der Waals surface area contributed by atoms with Gasteiger partial charge < -0.3 is 4.74 Å². The average molecular weight is 259 g/mol. The van der Waals surface area contributed by atoms with Crippen molar-refractivity contribution in [2.24, 2.45) is 11.8 Å². The zero-order valence-electron chi connectivity index (χ0n) is 11.0. The van der Waals surface area contributed by atoms with Crippen LogP contribution in [0.1, 0.15) is 46.5 Å². The molecule has 1 aliphatic rings. The van der Waals surface area contributed by atoms with E-state index in [0.717, 1.165) is 19.3 Å². The predicted octanol–water partition coefficient (Wildman–Crippen LogP) is 3.93. The van der Waals surface area contributed by atoms with Gasteiger partial charge in [-0.3, -0.25) is 4.79 Å². The van der Waals surface area contributed by atoms with Crippen LogP contribution in [-0.4, -0.2) is 18.0 Å². The van der Waals surface area contributed by atoms with Gasteiger partial charge in [-0.25, -0.2) is 0 Å². The maximum atomic E-state index is 11.3. The van der Waals surface area contributed by atoms with Crippen LogP contribution in [0.25, 0.3) is 0 Å². The van der Waals surface area contributed by atoms with Crippen molar-refractivity contribution in [1.29, 1.82) is 0 Å². The first-order valence-corrected chi connectivity index (χ1v) is 6.93. The summed E-state index contributed by atoms with van der Waals surface area (Å²) in [5, 5.41) is 0.0884. The van der Waals surface area contributed by atoms with Crippen molar-refractivity contribution >= 4 is 17.6 Å². The molecule has 0 fully saturated rings. The summed E-state index contributed by atoms with van der Waals surface area (Å²) in [7, 11) is 0. The molecule has 1 aliphatic carbocycles. The summed E-state index contributed by atoms with van der Waals surface area (Å²) in [6.45, 7) is 6.67. The van der Waals surface area contributed by atoms with Crippen molar-refractivity contribution in [2.45, 2.75) is 51.8 Å².